The number of aryl methyl sites for hydroxylation is 3. The fourth-order valence-corrected chi connectivity index (χ4v) is 5.38. The van der Waals surface area contributed by atoms with Crippen LogP contribution in [0.5, 0.6) is 0 Å². The largest absolute Gasteiger partial charge is 0.331 e. The lowest BCUT2D eigenvalue weighted by Gasteiger charge is -2.44. The van der Waals surface area contributed by atoms with Crippen molar-refractivity contribution in [2.45, 2.75) is 65.0 Å². The number of fused-ring (bicyclic) bond motifs is 2. The lowest BCUT2D eigenvalue weighted by atomic mass is 9.81. The van der Waals surface area contributed by atoms with Gasteiger partial charge in [0.25, 0.3) is 0 Å². The first-order valence-corrected chi connectivity index (χ1v) is 10.8. The van der Waals surface area contributed by atoms with Gasteiger partial charge in [-0.2, -0.15) is 5.10 Å². The van der Waals surface area contributed by atoms with Crippen LogP contribution < -0.4 is 0 Å². The summed E-state index contributed by atoms with van der Waals surface area (Å²) in [6, 6.07) is 2.87. The molecule has 2 aliphatic rings. The van der Waals surface area contributed by atoms with E-state index in [-0.39, 0.29) is 0 Å². The Hall–Kier alpha value is -2.21. The zero-order chi connectivity index (χ0) is 19.1. The summed E-state index contributed by atoms with van der Waals surface area (Å²) in [5.74, 6) is 1.81. The Kier molecular flexibility index (Phi) is 4.67. The van der Waals surface area contributed by atoms with E-state index < -0.39 is 0 Å². The van der Waals surface area contributed by atoms with Gasteiger partial charge in [0.2, 0.25) is 0 Å². The SMILES string of the molecule is Cc1cc(C)n2ncc(-c3nccn3CC[C@@H]3CCCN4CCCC[C@H]34)c2n1. The summed E-state index contributed by atoms with van der Waals surface area (Å²) in [6.07, 6.45) is 14.1. The Balaban J connectivity index is 1.38. The minimum Gasteiger partial charge on any atom is -0.331 e. The van der Waals surface area contributed by atoms with Crippen LogP contribution in [0, 0.1) is 19.8 Å². The number of piperidine rings is 2. The highest BCUT2D eigenvalue weighted by Gasteiger charge is 2.32. The molecule has 0 bridgehead atoms. The first-order chi connectivity index (χ1) is 13.7. The van der Waals surface area contributed by atoms with Crippen molar-refractivity contribution in [3.05, 3.63) is 36.0 Å². The van der Waals surface area contributed by atoms with Crippen LogP contribution in [0.4, 0.5) is 0 Å². The van der Waals surface area contributed by atoms with Crippen LogP contribution in [0.2, 0.25) is 0 Å². The Morgan fingerprint density at radius 3 is 2.93 bits per heavy atom. The lowest BCUT2D eigenvalue weighted by molar-refractivity contribution is 0.0539. The van der Waals surface area contributed by atoms with Crippen LogP contribution in [-0.4, -0.2) is 48.2 Å². The van der Waals surface area contributed by atoms with Gasteiger partial charge in [0.1, 0.15) is 5.82 Å². The first kappa shape index (κ1) is 17.9. The molecule has 0 N–H and O–H groups in total. The van der Waals surface area contributed by atoms with E-state index in [1.807, 2.05) is 23.8 Å². The van der Waals surface area contributed by atoms with E-state index in [0.29, 0.717) is 0 Å². The smallest absolute Gasteiger partial charge is 0.166 e. The third-order valence-corrected chi connectivity index (χ3v) is 6.70. The highest BCUT2D eigenvalue weighted by molar-refractivity contribution is 5.72. The van der Waals surface area contributed by atoms with Gasteiger partial charge in [-0.1, -0.05) is 6.42 Å². The van der Waals surface area contributed by atoms with Crippen molar-refractivity contribution >= 4 is 5.65 Å². The van der Waals surface area contributed by atoms with Crippen LogP contribution in [0.3, 0.4) is 0 Å². The molecule has 0 spiro atoms. The van der Waals surface area contributed by atoms with Crippen molar-refractivity contribution < 1.29 is 0 Å². The quantitative estimate of drug-likeness (QED) is 0.692. The Morgan fingerprint density at radius 1 is 1.11 bits per heavy atom. The summed E-state index contributed by atoms with van der Waals surface area (Å²) in [5.41, 5.74) is 4.05. The Morgan fingerprint density at radius 2 is 2.00 bits per heavy atom. The standard InChI is InChI=1S/C22H30N6/c1-16-14-17(2)28-22(25-16)19(15-24-28)21-23-9-13-27(21)12-8-18-6-5-11-26-10-4-3-7-20(18)26/h9,13-15,18,20H,3-8,10-12H2,1-2H3/t18-,20+/m0/s1. The van der Waals surface area contributed by atoms with Gasteiger partial charge in [-0.25, -0.2) is 14.5 Å². The maximum absolute atomic E-state index is 4.74. The van der Waals surface area contributed by atoms with E-state index in [1.165, 1.54) is 51.6 Å². The van der Waals surface area contributed by atoms with Gasteiger partial charge >= 0.3 is 0 Å². The maximum Gasteiger partial charge on any atom is 0.166 e. The molecular weight excluding hydrogens is 348 g/mol. The van der Waals surface area contributed by atoms with E-state index in [0.717, 1.165) is 46.9 Å². The molecule has 2 aliphatic heterocycles. The average molecular weight is 379 g/mol. The number of hydrogen-bond acceptors (Lipinski definition) is 4. The predicted octanol–water partition coefficient (Wildman–Crippen LogP) is 3.86. The maximum atomic E-state index is 4.74. The molecule has 2 saturated heterocycles. The van der Waals surface area contributed by atoms with Crippen LogP contribution in [0.25, 0.3) is 17.0 Å². The molecule has 2 fully saturated rings. The second-order valence-corrected chi connectivity index (χ2v) is 8.57. The molecule has 6 heteroatoms. The molecule has 5 heterocycles. The predicted molar refractivity (Wildman–Crippen MR) is 110 cm³/mol. The molecule has 3 aromatic heterocycles. The van der Waals surface area contributed by atoms with Gasteiger partial charge in [0.15, 0.2) is 5.65 Å². The average Bonchev–Trinajstić information content (AvgIpc) is 3.32. The second-order valence-electron chi connectivity index (χ2n) is 8.57. The molecule has 6 nitrogen and oxygen atoms in total. The monoisotopic (exact) mass is 378 g/mol. The molecule has 0 unspecified atom stereocenters. The Bertz CT molecular complexity index is 969. The van der Waals surface area contributed by atoms with E-state index in [9.17, 15) is 0 Å². The first-order valence-electron chi connectivity index (χ1n) is 10.8. The molecule has 148 valence electrons. The third kappa shape index (κ3) is 3.13. The third-order valence-electron chi connectivity index (χ3n) is 6.70. The van der Waals surface area contributed by atoms with Crippen LogP contribution >= 0.6 is 0 Å². The summed E-state index contributed by atoms with van der Waals surface area (Å²) < 4.78 is 4.22. The van der Waals surface area contributed by atoms with E-state index in [4.69, 9.17) is 4.98 Å². The van der Waals surface area contributed by atoms with Crippen LogP contribution in [0.15, 0.2) is 24.7 Å². The second kappa shape index (κ2) is 7.32. The molecule has 0 radical (unpaired) electrons. The van der Waals surface area contributed by atoms with Crippen LogP contribution in [0.1, 0.15) is 49.9 Å². The molecule has 3 aromatic rings. The van der Waals surface area contributed by atoms with Crippen molar-refractivity contribution in [2.75, 3.05) is 13.1 Å². The summed E-state index contributed by atoms with van der Waals surface area (Å²) in [6.45, 7) is 7.75. The van der Waals surface area contributed by atoms with E-state index >= 15 is 0 Å². The number of nitrogens with zero attached hydrogens (tertiary/aromatic N) is 6. The van der Waals surface area contributed by atoms with Gasteiger partial charge in [0.05, 0.1) is 11.8 Å². The summed E-state index contributed by atoms with van der Waals surface area (Å²) in [4.78, 5) is 12.2. The number of hydrogen-bond donors (Lipinski definition) is 0. The van der Waals surface area contributed by atoms with Crippen molar-refractivity contribution in [2.24, 2.45) is 5.92 Å². The van der Waals surface area contributed by atoms with E-state index in [1.54, 1.807) is 0 Å². The molecule has 2 atom stereocenters. The normalized spacial score (nSPS) is 23.2. The van der Waals surface area contributed by atoms with Crippen molar-refractivity contribution in [3.8, 4) is 11.4 Å². The van der Waals surface area contributed by atoms with E-state index in [2.05, 4.69) is 38.7 Å². The highest BCUT2D eigenvalue weighted by Crippen LogP contribution is 2.33. The van der Waals surface area contributed by atoms with Gasteiger partial charge in [-0.15, -0.1) is 0 Å². The van der Waals surface area contributed by atoms with Gasteiger partial charge in [0, 0.05) is 36.4 Å². The Labute approximate surface area is 166 Å². The number of aromatic nitrogens is 5. The summed E-state index contributed by atoms with van der Waals surface area (Å²) in [7, 11) is 0. The van der Waals surface area contributed by atoms with Gasteiger partial charge in [-0.05, 0) is 71.0 Å². The molecule has 5 rings (SSSR count). The topological polar surface area (TPSA) is 51.3 Å². The minimum absolute atomic E-state index is 0.804. The molecular formula is C22H30N6. The van der Waals surface area contributed by atoms with Crippen molar-refractivity contribution in [1.82, 2.24) is 29.0 Å². The van der Waals surface area contributed by atoms with Gasteiger partial charge < -0.3 is 9.47 Å². The minimum atomic E-state index is 0.804. The fourth-order valence-electron chi connectivity index (χ4n) is 5.38. The zero-order valence-electron chi connectivity index (χ0n) is 17.0. The fraction of sp³-hybridized carbons (Fsp3) is 0.591. The lowest BCUT2D eigenvalue weighted by Crippen LogP contribution is -2.48. The van der Waals surface area contributed by atoms with Gasteiger partial charge in [-0.3, -0.25) is 0 Å². The number of rotatable bonds is 4. The highest BCUT2D eigenvalue weighted by atomic mass is 15.3. The molecule has 0 amide bonds. The number of imidazole rings is 1. The molecule has 0 aliphatic carbocycles. The summed E-state index contributed by atoms with van der Waals surface area (Å²) >= 11 is 0. The van der Waals surface area contributed by atoms with Crippen LogP contribution in [-0.2, 0) is 6.54 Å². The molecule has 28 heavy (non-hydrogen) atoms. The molecule has 0 aromatic carbocycles. The summed E-state index contributed by atoms with van der Waals surface area (Å²) in [5, 5.41) is 4.55. The molecule has 0 saturated carbocycles. The van der Waals surface area contributed by atoms with Crippen molar-refractivity contribution in [1.29, 1.82) is 0 Å². The zero-order valence-corrected chi connectivity index (χ0v) is 17.0. The van der Waals surface area contributed by atoms with Crippen molar-refractivity contribution in [3.63, 3.8) is 0 Å².